The monoisotopic (exact) mass is 441 g/mol. The molecule has 2 rings (SSSR count). The van der Waals surface area contributed by atoms with Crippen molar-refractivity contribution < 1.29 is 22.7 Å². The highest BCUT2D eigenvalue weighted by Gasteiger charge is 2.31. The number of sulfonamides is 1. The summed E-state index contributed by atoms with van der Waals surface area (Å²) >= 11 is 5.89. The molecule has 0 aliphatic carbocycles. The minimum atomic E-state index is -4.14. The number of esters is 1. The molecule has 10 heteroatoms. The number of amides is 1. The number of benzene rings is 1. The number of carbonyl (C=O) groups is 2. The molecule has 29 heavy (non-hydrogen) atoms. The van der Waals surface area contributed by atoms with Gasteiger partial charge in [-0.3, -0.25) is 4.79 Å². The number of hydrogen-bond donors (Lipinski definition) is 2. The summed E-state index contributed by atoms with van der Waals surface area (Å²) in [7, 11) is -2.49. The molecular weight excluding hydrogens is 418 g/mol. The van der Waals surface area contributed by atoms with Crippen LogP contribution in [0, 0.1) is 20.8 Å². The summed E-state index contributed by atoms with van der Waals surface area (Å²) in [4.78, 5) is 24.4. The average molecular weight is 442 g/mol. The maximum absolute atomic E-state index is 12.9. The van der Waals surface area contributed by atoms with Crippen molar-refractivity contribution in [2.75, 3.05) is 18.5 Å². The summed E-state index contributed by atoms with van der Waals surface area (Å²) in [6.45, 7) is 6.24. The topological polar surface area (TPSA) is 106 Å². The van der Waals surface area contributed by atoms with Crippen molar-refractivity contribution in [3.05, 3.63) is 45.7 Å². The Morgan fingerprint density at radius 1 is 1.17 bits per heavy atom. The lowest BCUT2D eigenvalue weighted by molar-refractivity contribution is -0.115. The van der Waals surface area contributed by atoms with Crippen molar-refractivity contribution in [3.8, 4) is 0 Å². The number of halogens is 1. The molecule has 1 aromatic heterocycles. The van der Waals surface area contributed by atoms with Crippen molar-refractivity contribution in [2.45, 2.75) is 32.6 Å². The molecular formula is C19H24ClN3O5S. The Balaban J connectivity index is 2.24. The molecule has 0 unspecified atom stereocenters. The fraction of sp³-hybridized carbons (Fsp3) is 0.368. The largest absolute Gasteiger partial charge is 0.462 e. The minimum absolute atomic E-state index is 0.0340. The molecule has 0 fully saturated rings. The third-order valence-electron chi connectivity index (χ3n) is 4.56. The van der Waals surface area contributed by atoms with Crippen LogP contribution in [0.1, 0.15) is 34.2 Å². The molecule has 2 aromatic rings. The Kier molecular flexibility index (Phi) is 7.10. The second-order valence-corrected chi connectivity index (χ2v) is 8.63. The Morgan fingerprint density at radius 2 is 1.83 bits per heavy atom. The first-order valence-corrected chi connectivity index (χ1v) is 10.7. The van der Waals surface area contributed by atoms with Crippen molar-refractivity contribution in [2.24, 2.45) is 7.05 Å². The van der Waals surface area contributed by atoms with Gasteiger partial charge in [0.2, 0.25) is 15.9 Å². The quantitative estimate of drug-likeness (QED) is 0.642. The Labute approximate surface area is 175 Å². The number of carbonyl (C=O) groups excluding carboxylic acids is 2. The number of rotatable bonds is 7. The van der Waals surface area contributed by atoms with E-state index >= 15 is 0 Å². The van der Waals surface area contributed by atoms with Crippen LogP contribution in [-0.4, -0.2) is 38.0 Å². The Morgan fingerprint density at radius 3 is 2.41 bits per heavy atom. The summed E-state index contributed by atoms with van der Waals surface area (Å²) in [5, 5.41) is 3.16. The molecule has 0 bridgehead atoms. The van der Waals surface area contributed by atoms with Crippen molar-refractivity contribution >= 4 is 39.2 Å². The average Bonchev–Trinajstić information content (AvgIpc) is 2.87. The summed E-state index contributed by atoms with van der Waals surface area (Å²) in [5.41, 5.74) is 2.06. The molecule has 0 spiro atoms. The number of nitrogens with one attached hydrogen (secondary N) is 2. The number of nitrogens with zero attached hydrogens (tertiary/aromatic N) is 1. The molecule has 2 N–H and O–H groups in total. The molecule has 0 atom stereocenters. The number of ether oxygens (including phenoxy) is 1. The highest BCUT2D eigenvalue weighted by molar-refractivity contribution is 7.89. The lowest BCUT2D eigenvalue weighted by atomic mass is 10.2. The van der Waals surface area contributed by atoms with Gasteiger partial charge in [-0.2, -0.15) is 0 Å². The van der Waals surface area contributed by atoms with Crippen LogP contribution in [0.5, 0.6) is 0 Å². The molecule has 158 valence electrons. The molecule has 1 amide bonds. The van der Waals surface area contributed by atoms with Crippen LogP contribution in [0.25, 0.3) is 0 Å². The highest BCUT2D eigenvalue weighted by Crippen LogP contribution is 2.27. The van der Waals surface area contributed by atoms with Gasteiger partial charge in [0, 0.05) is 29.1 Å². The number of anilines is 1. The first kappa shape index (κ1) is 22.9. The second-order valence-electron chi connectivity index (χ2n) is 6.49. The van der Waals surface area contributed by atoms with E-state index in [-0.39, 0.29) is 17.1 Å². The van der Waals surface area contributed by atoms with Gasteiger partial charge in [0.05, 0.1) is 13.2 Å². The lowest BCUT2D eigenvalue weighted by Crippen LogP contribution is -2.34. The van der Waals surface area contributed by atoms with Crippen LogP contribution >= 0.6 is 11.6 Å². The predicted octanol–water partition coefficient (Wildman–Crippen LogP) is 2.70. The molecule has 0 radical (unpaired) electrons. The zero-order valence-electron chi connectivity index (χ0n) is 16.9. The fourth-order valence-corrected chi connectivity index (χ4v) is 4.60. The number of aryl methyl sites for hydroxylation is 1. The third-order valence-corrected chi connectivity index (χ3v) is 6.35. The van der Waals surface area contributed by atoms with E-state index in [2.05, 4.69) is 10.0 Å². The van der Waals surface area contributed by atoms with Gasteiger partial charge in [-0.1, -0.05) is 11.6 Å². The van der Waals surface area contributed by atoms with E-state index in [0.717, 1.165) is 5.56 Å². The van der Waals surface area contributed by atoms with Crippen molar-refractivity contribution in [3.63, 3.8) is 0 Å². The van der Waals surface area contributed by atoms with Gasteiger partial charge in [-0.05, 0) is 51.5 Å². The van der Waals surface area contributed by atoms with Crippen molar-refractivity contribution in [1.29, 1.82) is 0 Å². The molecule has 0 saturated heterocycles. The van der Waals surface area contributed by atoms with E-state index in [1.807, 2.05) is 0 Å². The van der Waals surface area contributed by atoms with E-state index in [9.17, 15) is 18.0 Å². The van der Waals surface area contributed by atoms with Gasteiger partial charge in [0.15, 0.2) is 0 Å². The summed E-state index contributed by atoms with van der Waals surface area (Å²) in [6.07, 6.45) is 0. The summed E-state index contributed by atoms with van der Waals surface area (Å²) in [6, 6.07) is 4.94. The van der Waals surface area contributed by atoms with Crippen LogP contribution in [0.15, 0.2) is 23.1 Å². The maximum atomic E-state index is 12.9. The zero-order chi connectivity index (χ0) is 21.9. The van der Waals surface area contributed by atoms with E-state index in [1.165, 1.54) is 0 Å². The Bertz CT molecular complexity index is 1060. The fourth-order valence-electron chi connectivity index (χ4n) is 2.88. The SMILES string of the molecule is CCOC(=O)c1c(S(=O)(=O)NCC(=O)Nc2ccc(Cl)cc2C)c(C)n(C)c1C. The van der Waals surface area contributed by atoms with Crippen LogP contribution in [0.2, 0.25) is 5.02 Å². The standard InChI is InChI=1S/C19H24ClN3O5S/c1-6-28-19(25)17-12(3)23(5)13(4)18(17)29(26,27)21-10-16(24)22-15-8-7-14(20)9-11(15)2/h7-9,21H,6,10H2,1-5H3,(H,22,24). The first-order chi connectivity index (χ1) is 13.5. The lowest BCUT2D eigenvalue weighted by Gasteiger charge is -2.11. The molecule has 1 heterocycles. The second kappa shape index (κ2) is 8.98. The summed E-state index contributed by atoms with van der Waals surface area (Å²) in [5.74, 6) is -1.28. The van der Waals surface area contributed by atoms with Crippen LogP contribution < -0.4 is 10.0 Å². The molecule has 0 saturated carbocycles. The minimum Gasteiger partial charge on any atom is -0.462 e. The molecule has 1 aromatic carbocycles. The van der Waals surface area contributed by atoms with Crippen LogP contribution in [-0.2, 0) is 26.6 Å². The molecule has 0 aliphatic rings. The van der Waals surface area contributed by atoms with E-state index in [0.29, 0.717) is 22.1 Å². The Hall–Kier alpha value is -2.36. The van der Waals surface area contributed by atoms with Gasteiger partial charge in [-0.15, -0.1) is 0 Å². The maximum Gasteiger partial charge on any atom is 0.341 e. The van der Waals surface area contributed by atoms with Crippen LogP contribution in [0.3, 0.4) is 0 Å². The van der Waals surface area contributed by atoms with Gasteiger partial charge in [0.25, 0.3) is 0 Å². The predicted molar refractivity (Wildman–Crippen MR) is 111 cm³/mol. The van der Waals surface area contributed by atoms with Gasteiger partial charge in [0.1, 0.15) is 10.5 Å². The van der Waals surface area contributed by atoms with Gasteiger partial charge >= 0.3 is 5.97 Å². The summed E-state index contributed by atoms with van der Waals surface area (Å²) < 4.78 is 34.6. The van der Waals surface area contributed by atoms with Gasteiger partial charge < -0.3 is 14.6 Å². The first-order valence-electron chi connectivity index (χ1n) is 8.88. The number of hydrogen-bond acceptors (Lipinski definition) is 5. The van der Waals surface area contributed by atoms with E-state index < -0.39 is 28.4 Å². The zero-order valence-corrected chi connectivity index (χ0v) is 18.5. The van der Waals surface area contributed by atoms with E-state index in [1.54, 1.807) is 57.5 Å². The van der Waals surface area contributed by atoms with Crippen molar-refractivity contribution in [1.82, 2.24) is 9.29 Å². The van der Waals surface area contributed by atoms with E-state index in [4.69, 9.17) is 16.3 Å². The molecule has 8 nitrogen and oxygen atoms in total. The number of aromatic nitrogens is 1. The van der Waals surface area contributed by atoms with Crippen LogP contribution in [0.4, 0.5) is 5.69 Å². The smallest absolute Gasteiger partial charge is 0.341 e. The highest BCUT2D eigenvalue weighted by atomic mass is 35.5. The normalized spacial score (nSPS) is 11.4. The third kappa shape index (κ3) is 4.98. The van der Waals surface area contributed by atoms with Gasteiger partial charge in [-0.25, -0.2) is 17.9 Å². The molecule has 0 aliphatic heterocycles.